The van der Waals surface area contributed by atoms with Crippen LogP contribution < -0.4 is 5.32 Å². The minimum absolute atomic E-state index is 0.237. The molecule has 4 aromatic rings. The molecule has 4 rings (SSSR count). The Balaban J connectivity index is 1.51. The van der Waals surface area contributed by atoms with E-state index >= 15 is 0 Å². The Kier molecular flexibility index (Phi) is 4.47. The molecule has 0 fully saturated rings. The van der Waals surface area contributed by atoms with Crippen molar-refractivity contribution in [1.82, 2.24) is 25.2 Å². The summed E-state index contributed by atoms with van der Waals surface area (Å²) in [6.45, 7) is 3.97. The van der Waals surface area contributed by atoms with Crippen molar-refractivity contribution in [3.05, 3.63) is 71.0 Å². The fourth-order valence-electron chi connectivity index (χ4n) is 2.66. The van der Waals surface area contributed by atoms with Crippen LogP contribution in [0, 0.1) is 13.8 Å². The van der Waals surface area contributed by atoms with Crippen molar-refractivity contribution in [2.45, 2.75) is 13.8 Å². The molecule has 0 aliphatic carbocycles. The Labute approximate surface area is 159 Å². The van der Waals surface area contributed by atoms with Crippen LogP contribution in [-0.2, 0) is 0 Å². The van der Waals surface area contributed by atoms with E-state index < -0.39 is 0 Å². The second-order valence-corrected chi connectivity index (χ2v) is 6.97. The van der Waals surface area contributed by atoms with Gasteiger partial charge in [-0.25, -0.2) is 9.67 Å². The molecule has 0 saturated heterocycles. The number of nitrogens with one attached hydrogen (secondary N) is 1. The number of carbonyl (C=O) groups excluding carboxylic acids is 1. The monoisotopic (exact) mass is 376 g/mol. The van der Waals surface area contributed by atoms with Gasteiger partial charge in [-0.05, 0) is 48.0 Å². The van der Waals surface area contributed by atoms with E-state index in [-0.39, 0.29) is 5.91 Å². The maximum Gasteiger partial charge on any atom is 0.275 e. The average molecular weight is 376 g/mol. The Morgan fingerprint density at radius 3 is 2.63 bits per heavy atom. The molecule has 2 aromatic carbocycles. The molecular formula is C19H16N6OS. The van der Waals surface area contributed by atoms with Crippen LogP contribution in [0.3, 0.4) is 0 Å². The summed E-state index contributed by atoms with van der Waals surface area (Å²) >= 11 is 1.45. The third kappa shape index (κ3) is 3.61. The topological polar surface area (TPSA) is 85.6 Å². The predicted molar refractivity (Wildman–Crippen MR) is 104 cm³/mol. The Hall–Kier alpha value is -3.39. The number of amides is 1. The molecule has 134 valence electrons. The fourth-order valence-corrected chi connectivity index (χ4v) is 3.47. The summed E-state index contributed by atoms with van der Waals surface area (Å²) in [4.78, 5) is 17.0. The highest BCUT2D eigenvalue weighted by atomic mass is 32.1. The normalized spacial score (nSPS) is 10.7. The molecule has 0 spiro atoms. The summed E-state index contributed by atoms with van der Waals surface area (Å²) in [5.74, 6) is -0.237. The van der Waals surface area contributed by atoms with E-state index in [0.717, 1.165) is 21.8 Å². The van der Waals surface area contributed by atoms with Crippen molar-refractivity contribution in [2.75, 3.05) is 5.32 Å². The fraction of sp³-hybridized carbons (Fsp3) is 0.105. The molecular weight excluding hydrogens is 360 g/mol. The number of carbonyl (C=O) groups is 1. The number of rotatable bonds is 4. The molecule has 7 nitrogen and oxygen atoms in total. The minimum atomic E-state index is -0.237. The van der Waals surface area contributed by atoms with Gasteiger partial charge in [0.05, 0.1) is 5.69 Å². The molecule has 0 saturated carbocycles. The Morgan fingerprint density at radius 2 is 1.93 bits per heavy atom. The molecule has 0 bridgehead atoms. The van der Waals surface area contributed by atoms with Gasteiger partial charge < -0.3 is 5.32 Å². The third-order valence-corrected chi connectivity index (χ3v) is 4.98. The standard InChI is InChI=1S/C19H16N6OS/c1-12-3-5-14(6-4-12)19-22-16(10-27-19)18(26)21-15-7-8-17(13(2)9-15)25-11-20-23-24-25/h3-11H,1-2H3,(H,21,26). The Bertz CT molecular complexity index is 1090. The highest BCUT2D eigenvalue weighted by molar-refractivity contribution is 7.13. The van der Waals surface area contributed by atoms with Gasteiger partial charge >= 0.3 is 0 Å². The lowest BCUT2D eigenvalue weighted by Crippen LogP contribution is -2.12. The van der Waals surface area contributed by atoms with Crippen molar-refractivity contribution in [3.8, 4) is 16.3 Å². The molecule has 27 heavy (non-hydrogen) atoms. The lowest BCUT2D eigenvalue weighted by molar-refractivity contribution is 0.102. The molecule has 8 heteroatoms. The molecule has 1 amide bonds. The first-order chi connectivity index (χ1) is 13.1. The van der Waals surface area contributed by atoms with Gasteiger partial charge in [0.15, 0.2) is 0 Å². The second-order valence-electron chi connectivity index (χ2n) is 6.11. The quantitative estimate of drug-likeness (QED) is 0.587. The van der Waals surface area contributed by atoms with Gasteiger partial charge in [0.25, 0.3) is 5.91 Å². The number of anilines is 1. The van der Waals surface area contributed by atoms with Crippen molar-refractivity contribution >= 4 is 22.9 Å². The summed E-state index contributed by atoms with van der Waals surface area (Å²) in [5, 5.41) is 16.6. The van der Waals surface area contributed by atoms with E-state index in [2.05, 4.69) is 25.8 Å². The van der Waals surface area contributed by atoms with Crippen LogP contribution in [0.1, 0.15) is 21.6 Å². The molecule has 0 aliphatic rings. The maximum absolute atomic E-state index is 12.5. The number of benzene rings is 2. The van der Waals surface area contributed by atoms with E-state index in [1.165, 1.54) is 23.2 Å². The number of tetrazole rings is 1. The van der Waals surface area contributed by atoms with E-state index in [4.69, 9.17) is 0 Å². The van der Waals surface area contributed by atoms with Crippen molar-refractivity contribution in [2.24, 2.45) is 0 Å². The van der Waals surface area contributed by atoms with E-state index in [1.807, 2.05) is 56.3 Å². The van der Waals surface area contributed by atoms with Gasteiger partial charge in [-0.3, -0.25) is 4.79 Å². The van der Waals surface area contributed by atoms with Crippen LogP contribution in [-0.4, -0.2) is 31.1 Å². The van der Waals surface area contributed by atoms with E-state index in [0.29, 0.717) is 11.4 Å². The van der Waals surface area contributed by atoms with E-state index in [1.54, 1.807) is 10.1 Å². The third-order valence-electron chi connectivity index (χ3n) is 4.09. The molecule has 0 radical (unpaired) electrons. The number of aryl methyl sites for hydroxylation is 2. The summed E-state index contributed by atoms with van der Waals surface area (Å²) in [7, 11) is 0. The summed E-state index contributed by atoms with van der Waals surface area (Å²) < 4.78 is 1.58. The van der Waals surface area contributed by atoms with Gasteiger partial charge in [-0.15, -0.1) is 16.4 Å². The number of nitrogens with zero attached hydrogens (tertiary/aromatic N) is 5. The average Bonchev–Trinajstić information content (AvgIpc) is 3.35. The van der Waals surface area contributed by atoms with Crippen LogP contribution >= 0.6 is 11.3 Å². The first-order valence-corrected chi connectivity index (χ1v) is 9.16. The van der Waals surface area contributed by atoms with Crippen molar-refractivity contribution in [3.63, 3.8) is 0 Å². The van der Waals surface area contributed by atoms with Crippen molar-refractivity contribution in [1.29, 1.82) is 0 Å². The first-order valence-electron chi connectivity index (χ1n) is 8.28. The van der Waals surface area contributed by atoms with Gasteiger partial charge in [-0.1, -0.05) is 29.8 Å². The highest BCUT2D eigenvalue weighted by Gasteiger charge is 2.13. The predicted octanol–water partition coefficient (Wildman–Crippen LogP) is 3.65. The molecule has 2 aromatic heterocycles. The smallest absolute Gasteiger partial charge is 0.275 e. The Morgan fingerprint density at radius 1 is 1.11 bits per heavy atom. The largest absolute Gasteiger partial charge is 0.321 e. The van der Waals surface area contributed by atoms with Crippen LogP contribution in [0.4, 0.5) is 5.69 Å². The highest BCUT2D eigenvalue weighted by Crippen LogP contribution is 2.25. The van der Waals surface area contributed by atoms with Gasteiger partial charge in [0.1, 0.15) is 17.0 Å². The number of aromatic nitrogens is 5. The first kappa shape index (κ1) is 17.0. The minimum Gasteiger partial charge on any atom is -0.321 e. The van der Waals surface area contributed by atoms with Crippen LogP contribution in [0.2, 0.25) is 0 Å². The number of thiazole rings is 1. The SMILES string of the molecule is Cc1ccc(-c2nc(C(=O)Nc3ccc(-n4cnnn4)c(C)c3)cs2)cc1. The second kappa shape index (κ2) is 7.08. The van der Waals surface area contributed by atoms with Gasteiger partial charge in [0.2, 0.25) is 0 Å². The molecule has 0 unspecified atom stereocenters. The molecule has 0 aliphatic heterocycles. The number of hydrogen-bond acceptors (Lipinski definition) is 6. The van der Waals surface area contributed by atoms with Gasteiger partial charge in [0, 0.05) is 16.6 Å². The molecule has 2 heterocycles. The zero-order chi connectivity index (χ0) is 18.8. The lowest BCUT2D eigenvalue weighted by atomic mass is 10.1. The zero-order valence-corrected chi connectivity index (χ0v) is 15.6. The van der Waals surface area contributed by atoms with Crippen LogP contribution in [0.5, 0.6) is 0 Å². The summed E-state index contributed by atoms with van der Waals surface area (Å²) in [6.07, 6.45) is 1.53. The van der Waals surface area contributed by atoms with Crippen LogP contribution in [0.15, 0.2) is 54.2 Å². The van der Waals surface area contributed by atoms with E-state index in [9.17, 15) is 4.79 Å². The zero-order valence-electron chi connectivity index (χ0n) is 14.7. The van der Waals surface area contributed by atoms with Gasteiger partial charge in [-0.2, -0.15) is 0 Å². The lowest BCUT2D eigenvalue weighted by Gasteiger charge is -2.08. The summed E-state index contributed by atoms with van der Waals surface area (Å²) in [6, 6.07) is 13.6. The van der Waals surface area contributed by atoms with Crippen molar-refractivity contribution < 1.29 is 4.79 Å². The molecule has 0 atom stereocenters. The summed E-state index contributed by atoms with van der Waals surface area (Å²) in [5.41, 5.74) is 5.09. The number of hydrogen-bond donors (Lipinski definition) is 1. The maximum atomic E-state index is 12.5. The van der Waals surface area contributed by atoms with Crippen LogP contribution in [0.25, 0.3) is 16.3 Å². The molecule has 1 N–H and O–H groups in total.